The zero-order chi connectivity index (χ0) is 13.2. The maximum Gasteiger partial charge on any atom is 0.377 e. The molecule has 0 amide bonds. The van der Waals surface area contributed by atoms with E-state index in [9.17, 15) is 13.6 Å². The average Bonchev–Trinajstić information content (AvgIpc) is 2.61. The molecule has 1 N–H and O–H groups in total. The van der Waals surface area contributed by atoms with Crippen LogP contribution >= 0.6 is 0 Å². The van der Waals surface area contributed by atoms with Crippen molar-refractivity contribution in [3.63, 3.8) is 0 Å². The van der Waals surface area contributed by atoms with Gasteiger partial charge in [0.15, 0.2) is 0 Å². The highest BCUT2D eigenvalue weighted by molar-refractivity contribution is 5.79. The van der Waals surface area contributed by atoms with Crippen LogP contribution in [0.3, 0.4) is 0 Å². The quantitative estimate of drug-likeness (QED) is 0.833. The highest BCUT2D eigenvalue weighted by atomic mass is 19.3. The number of ether oxygens (including phenoxy) is 1. The average molecular weight is 256 g/mol. The number of rotatable bonds is 4. The second-order valence-corrected chi connectivity index (χ2v) is 4.32. The minimum Gasteiger partial charge on any atom is -0.456 e. The van der Waals surface area contributed by atoms with Crippen LogP contribution in [0.5, 0.6) is 0 Å². The van der Waals surface area contributed by atoms with Crippen LogP contribution in [-0.4, -0.2) is 29.5 Å². The molecule has 18 heavy (non-hydrogen) atoms. The topological polar surface area (TPSA) is 51.2 Å². The van der Waals surface area contributed by atoms with Gasteiger partial charge in [-0.15, -0.1) is 0 Å². The van der Waals surface area contributed by atoms with Crippen molar-refractivity contribution in [3.8, 4) is 0 Å². The molecule has 0 bridgehead atoms. The first-order chi connectivity index (χ1) is 8.49. The fourth-order valence-corrected chi connectivity index (χ4v) is 1.81. The number of carbonyl (C=O) groups excluding carboxylic acids is 1. The third kappa shape index (κ3) is 2.81. The first-order valence-electron chi connectivity index (χ1n) is 5.72. The van der Waals surface area contributed by atoms with Gasteiger partial charge in [0.05, 0.1) is 12.1 Å². The minimum atomic E-state index is -3.35. The third-order valence-corrected chi connectivity index (χ3v) is 2.84. The van der Waals surface area contributed by atoms with Crippen molar-refractivity contribution >= 4 is 5.97 Å². The predicted octanol–water partition coefficient (Wildman–Crippen LogP) is 1.68. The summed E-state index contributed by atoms with van der Waals surface area (Å²) in [6, 6.07) is 5.41. The number of nitrogens with one attached hydrogen (secondary N) is 1. The van der Waals surface area contributed by atoms with E-state index >= 15 is 0 Å². The Bertz CT molecular complexity index is 425. The van der Waals surface area contributed by atoms with Gasteiger partial charge in [-0.25, -0.2) is 4.79 Å². The normalized spacial score (nSPS) is 23.7. The Kier molecular flexibility index (Phi) is 3.56. The van der Waals surface area contributed by atoms with Gasteiger partial charge >= 0.3 is 11.9 Å². The van der Waals surface area contributed by atoms with Gasteiger partial charge in [0.25, 0.3) is 0 Å². The summed E-state index contributed by atoms with van der Waals surface area (Å²) < 4.78 is 30.4. The van der Waals surface area contributed by atoms with Crippen molar-refractivity contribution in [1.82, 2.24) is 10.3 Å². The number of aromatic nitrogens is 1. The van der Waals surface area contributed by atoms with Crippen molar-refractivity contribution in [3.05, 3.63) is 30.1 Å². The van der Waals surface area contributed by atoms with Gasteiger partial charge in [-0.1, -0.05) is 6.07 Å². The molecular weight excluding hydrogens is 242 g/mol. The van der Waals surface area contributed by atoms with E-state index < -0.39 is 24.4 Å². The van der Waals surface area contributed by atoms with Gasteiger partial charge in [0.1, 0.15) is 6.10 Å². The summed E-state index contributed by atoms with van der Waals surface area (Å²) in [4.78, 5) is 15.0. The van der Waals surface area contributed by atoms with E-state index in [2.05, 4.69) is 15.0 Å². The molecule has 0 saturated carbocycles. The smallest absolute Gasteiger partial charge is 0.377 e. The van der Waals surface area contributed by atoms with Crippen molar-refractivity contribution in [1.29, 1.82) is 0 Å². The maximum absolute atomic E-state index is 12.9. The molecule has 0 aromatic carbocycles. The lowest BCUT2D eigenvalue weighted by molar-refractivity contribution is -0.159. The summed E-state index contributed by atoms with van der Waals surface area (Å²) in [6.45, 7) is 2.07. The highest BCUT2D eigenvalue weighted by Crippen LogP contribution is 2.30. The van der Waals surface area contributed by atoms with E-state index in [1.165, 1.54) is 0 Å². The van der Waals surface area contributed by atoms with Gasteiger partial charge in [-0.2, -0.15) is 8.78 Å². The number of hydrogen-bond acceptors (Lipinski definition) is 4. The molecule has 6 heteroatoms. The summed E-state index contributed by atoms with van der Waals surface area (Å²) in [7, 11) is 0. The molecule has 2 heterocycles. The van der Waals surface area contributed by atoms with Gasteiger partial charge in [-0.3, -0.25) is 4.98 Å². The SMILES string of the molecule is CC(NCC1CC(F)(F)C(=O)O1)c1ccccn1. The maximum atomic E-state index is 12.9. The molecule has 4 nitrogen and oxygen atoms in total. The van der Waals surface area contributed by atoms with E-state index in [4.69, 9.17) is 0 Å². The Labute approximate surface area is 103 Å². The van der Waals surface area contributed by atoms with Crippen molar-refractivity contribution < 1.29 is 18.3 Å². The molecule has 1 aromatic rings. The second-order valence-electron chi connectivity index (χ2n) is 4.32. The van der Waals surface area contributed by atoms with Gasteiger partial charge in [-0.05, 0) is 19.1 Å². The van der Waals surface area contributed by atoms with Crippen LogP contribution in [0.1, 0.15) is 25.1 Å². The molecule has 2 atom stereocenters. The molecule has 2 rings (SSSR count). The van der Waals surface area contributed by atoms with Crippen LogP contribution in [0, 0.1) is 0 Å². The molecule has 0 spiro atoms. The largest absolute Gasteiger partial charge is 0.456 e. The molecule has 1 aliphatic rings. The van der Waals surface area contributed by atoms with E-state index in [0.717, 1.165) is 5.69 Å². The second kappa shape index (κ2) is 4.97. The Balaban J connectivity index is 1.85. The number of halogens is 2. The molecular formula is C12H14F2N2O2. The lowest BCUT2D eigenvalue weighted by atomic mass is 10.1. The molecule has 1 fully saturated rings. The predicted molar refractivity (Wildman–Crippen MR) is 60.1 cm³/mol. The standard InChI is InChI=1S/C12H14F2N2O2/c1-8(10-4-2-3-5-15-10)16-7-9-6-12(13,14)11(17)18-9/h2-5,8-9,16H,6-7H2,1H3. The fourth-order valence-electron chi connectivity index (χ4n) is 1.81. The molecule has 0 radical (unpaired) electrons. The van der Waals surface area contributed by atoms with E-state index in [-0.39, 0.29) is 12.6 Å². The van der Waals surface area contributed by atoms with Crippen LogP contribution in [0.4, 0.5) is 8.78 Å². The van der Waals surface area contributed by atoms with Crippen molar-refractivity contribution in [2.75, 3.05) is 6.54 Å². The van der Waals surface area contributed by atoms with Gasteiger partial charge < -0.3 is 10.1 Å². The number of esters is 1. The van der Waals surface area contributed by atoms with E-state index in [0.29, 0.717) is 0 Å². The summed E-state index contributed by atoms with van der Waals surface area (Å²) in [5, 5.41) is 3.03. The number of hydrogen-bond donors (Lipinski definition) is 1. The monoisotopic (exact) mass is 256 g/mol. The summed E-state index contributed by atoms with van der Waals surface area (Å²) in [5.41, 5.74) is 0.814. The number of cyclic esters (lactones) is 1. The van der Waals surface area contributed by atoms with Crippen LogP contribution in [0.15, 0.2) is 24.4 Å². The van der Waals surface area contributed by atoms with Crippen LogP contribution < -0.4 is 5.32 Å². The summed E-state index contributed by atoms with van der Waals surface area (Å²) in [5.74, 6) is -4.78. The van der Waals surface area contributed by atoms with Gasteiger partial charge in [0.2, 0.25) is 0 Å². The fraction of sp³-hybridized carbons (Fsp3) is 0.500. The summed E-state index contributed by atoms with van der Waals surface area (Å²) >= 11 is 0. The number of pyridine rings is 1. The Morgan fingerprint density at radius 2 is 2.39 bits per heavy atom. The molecule has 1 aliphatic heterocycles. The van der Waals surface area contributed by atoms with Crippen molar-refractivity contribution in [2.45, 2.75) is 31.4 Å². The zero-order valence-corrected chi connectivity index (χ0v) is 9.90. The highest BCUT2D eigenvalue weighted by Gasteiger charge is 2.50. The Morgan fingerprint density at radius 3 is 2.94 bits per heavy atom. The molecule has 2 unspecified atom stereocenters. The summed E-state index contributed by atoms with van der Waals surface area (Å²) in [6.07, 6.45) is 0.323. The number of nitrogens with zero attached hydrogens (tertiary/aromatic N) is 1. The molecule has 98 valence electrons. The molecule has 1 saturated heterocycles. The van der Waals surface area contributed by atoms with Gasteiger partial charge in [0, 0.05) is 18.8 Å². The minimum absolute atomic E-state index is 0.0841. The number of carbonyl (C=O) groups is 1. The molecule has 1 aromatic heterocycles. The number of alkyl halides is 2. The third-order valence-electron chi connectivity index (χ3n) is 2.84. The molecule has 0 aliphatic carbocycles. The van der Waals surface area contributed by atoms with E-state index in [1.54, 1.807) is 12.3 Å². The van der Waals surface area contributed by atoms with Crippen LogP contribution in [-0.2, 0) is 9.53 Å². The first-order valence-corrected chi connectivity index (χ1v) is 5.72. The van der Waals surface area contributed by atoms with Crippen molar-refractivity contribution in [2.24, 2.45) is 0 Å². The van der Waals surface area contributed by atoms with Crippen LogP contribution in [0.25, 0.3) is 0 Å². The lowest BCUT2D eigenvalue weighted by Gasteiger charge is -2.15. The Hall–Kier alpha value is -1.56. The Morgan fingerprint density at radius 1 is 1.61 bits per heavy atom. The van der Waals surface area contributed by atoms with E-state index in [1.807, 2.05) is 19.1 Å². The first kappa shape index (κ1) is 12.9. The zero-order valence-electron chi connectivity index (χ0n) is 9.90. The van der Waals surface area contributed by atoms with Crippen LogP contribution in [0.2, 0.25) is 0 Å². The lowest BCUT2D eigenvalue weighted by Crippen LogP contribution is -2.29.